The monoisotopic (exact) mass is 892 g/mol. The number of ether oxygens (including phenoxy) is 2. The summed E-state index contributed by atoms with van der Waals surface area (Å²) in [5, 5.41) is 54.4. The van der Waals surface area contributed by atoms with Crippen LogP contribution >= 0.6 is 0 Å². The molecule has 370 valence electrons. The summed E-state index contributed by atoms with van der Waals surface area (Å²) in [7, 11) is 0. The number of amides is 1. The average molecular weight is 892 g/mol. The van der Waals surface area contributed by atoms with Gasteiger partial charge in [-0.15, -0.1) is 0 Å². The van der Waals surface area contributed by atoms with E-state index in [0.717, 1.165) is 38.5 Å². The molecule has 0 aliphatic carbocycles. The molecule has 1 amide bonds. The van der Waals surface area contributed by atoms with Gasteiger partial charge in [0, 0.05) is 6.42 Å². The molecule has 9 nitrogen and oxygen atoms in total. The van der Waals surface area contributed by atoms with Crippen molar-refractivity contribution < 1.29 is 39.8 Å². The zero-order chi connectivity index (χ0) is 45.9. The van der Waals surface area contributed by atoms with Crippen LogP contribution in [-0.2, 0) is 14.3 Å². The third-order valence-electron chi connectivity index (χ3n) is 12.7. The lowest BCUT2D eigenvalue weighted by Gasteiger charge is -2.40. The van der Waals surface area contributed by atoms with Crippen LogP contribution in [0.2, 0.25) is 0 Å². The Morgan fingerprint density at radius 2 is 0.905 bits per heavy atom. The number of hydrogen-bond donors (Lipinski definition) is 6. The van der Waals surface area contributed by atoms with Crippen molar-refractivity contribution in [3.8, 4) is 0 Å². The summed E-state index contributed by atoms with van der Waals surface area (Å²) in [6.07, 6.45) is 49.1. The van der Waals surface area contributed by atoms with Crippen molar-refractivity contribution in [3.05, 3.63) is 36.5 Å². The van der Waals surface area contributed by atoms with Crippen LogP contribution in [0.5, 0.6) is 0 Å². The van der Waals surface area contributed by atoms with Crippen LogP contribution < -0.4 is 5.32 Å². The minimum absolute atomic E-state index is 0.187. The summed E-state index contributed by atoms with van der Waals surface area (Å²) in [5.74, 6) is -0.187. The SMILES string of the molecule is CCCCCCCCCC/C=C\CCCCCCCCCCCC(=O)NC(COC1OC(CO)C(O)C(O)C1O)C(O)/C=C/CC/C=C/CCCCCCCCCCCCCCC. The minimum atomic E-state index is -1.57. The number of nitrogens with one attached hydrogen (secondary N) is 1. The number of aliphatic hydroxyl groups is 5. The zero-order valence-corrected chi connectivity index (χ0v) is 40.8. The standard InChI is InChI=1S/C54H101NO8/c1-3-5-7-9-11-13-15-17-19-21-23-24-26-28-30-32-34-36-38-40-42-44-50(58)55-47(46-62-54-53(61)52(60)51(59)49(45-56)63-54)48(57)43-41-39-37-35-33-31-29-27-25-22-20-18-16-14-12-10-8-6-4-2/h21,23,33,35,41,43,47-49,51-54,56-57,59-61H,3-20,22,24-32,34,36-40,42,44-46H2,1-2H3,(H,55,58)/b23-21-,35-33+,43-41+. The molecule has 0 radical (unpaired) electrons. The van der Waals surface area contributed by atoms with Gasteiger partial charge in [-0.05, 0) is 57.8 Å². The van der Waals surface area contributed by atoms with Crippen molar-refractivity contribution in [3.63, 3.8) is 0 Å². The molecule has 1 fully saturated rings. The summed E-state index contributed by atoms with van der Waals surface area (Å²) in [6, 6.07) is -0.822. The molecule has 0 saturated carbocycles. The van der Waals surface area contributed by atoms with Gasteiger partial charge in [0.2, 0.25) is 5.91 Å². The molecule has 0 aromatic heterocycles. The molecule has 1 aliphatic heterocycles. The van der Waals surface area contributed by atoms with E-state index >= 15 is 0 Å². The van der Waals surface area contributed by atoms with E-state index in [1.54, 1.807) is 6.08 Å². The highest BCUT2D eigenvalue weighted by Gasteiger charge is 2.44. The van der Waals surface area contributed by atoms with Gasteiger partial charge in [-0.3, -0.25) is 4.79 Å². The lowest BCUT2D eigenvalue weighted by Crippen LogP contribution is -2.60. The van der Waals surface area contributed by atoms with Crippen molar-refractivity contribution in [2.45, 2.75) is 288 Å². The maximum atomic E-state index is 13.0. The first-order chi connectivity index (χ1) is 30.8. The van der Waals surface area contributed by atoms with Crippen LogP contribution in [0.15, 0.2) is 36.5 Å². The Balaban J connectivity index is 2.30. The van der Waals surface area contributed by atoms with E-state index in [1.807, 2.05) is 6.08 Å². The maximum Gasteiger partial charge on any atom is 0.220 e. The molecule has 1 heterocycles. The van der Waals surface area contributed by atoms with E-state index in [-0.39, 0.29) is 12.5 Å². The van der Waals surface area contributed by atoms with Crippen LogP contribution in [0, 0.1) is 0 Å². The van der Waals surface area contributed by atoms with Gasteiger partial charge < -0.3 is 40.3 Å². The van der Waals surface area contributed by atoms with Crippen LogP contribution in [0.25, 0.3) is 0 Å². The van der Waals surface area contributed by atoms with E-state index in [0.29, 0.717) is 6.42 Å². The Morgan fingerprint density at radius 3 is 1.33 bits per heavy atom. The normalized spacial score (nSPS) is 20.4. The number of allylic oxidation sites excluding steroid dienone is 5. The maximum absolute atomic E-state index is 13.0. The quantitative estimate of drug-likeness (QED) is 0.0261. The van der Waals surface area contributed by atoms with Gasteiger partial charge in [0.25, 0.3) is 0 Å². The molecule has 63 heavy (non-hydrogen) atoms. The predicted molar refractivity (Wildman–Crippen MR) is 263 cm³/mol. The third kappa shape index (κ3) is 34.4. The van der Waals surface area contributed by atoms with Gasteiger partial charge >= 0.3 is 0 Å². The molecular formula is C54H101NO8. The lowest BCUT2D eigenvalue weighted by molar-refractivity contribution is -0.302. The molecule has 9 heteroatoms. The lowest BCUT2D eigenvalue weighted by atomic mass is 9.99. The first kappa shape index (κ1) is 59.4. The van der Waals surface area contributed by atoms with Crippen molar-refractivity contribution in [1.82, 2.24) is 5.32 Å². The summed E-state index contributed by atoms with van der Waals surface area (Å²) in [6.45, 7) is 3.78. The second kappa shape index (κ2) is 44.3. The van der Waals surface area contributed by atoms with Gasteiger partial charge in [-0.25, -0.2) is 0 Å². The predicted octanol–water partition coefficient (Wildman–Crippen LogP) is 12.4. The van der Waals surface area contributed by atoms with Crippen molar-refractivity contribution >= 4 is 5.91 Å². The number of aliphatic hydroxyl groups excluding tert-OH is 5. The molecule has 1 saturated heterocycles. The second-order valence-electron chi connectivity index (χ2n) is 18.7. The van der Waals surface area contributed by atoms with Gasteiger partial charge in [0.15, 0.2) is 6.29 Å². The van der Waals surface area contributed by atoms with Gasteiger partial charge in [0.1, 0.15) is 24.4 Å². The molecular weight excluding hydrogens is 791 g/mol. The van der Waals surface area contributed by atoms with E-state index in [2.05, 4.69) is 43.5 Å². The molecule has 1 aliphatic rings. The molecule has 0 bridgehead atoms. The largest absolute Gasteiger partial charge is 0.394 e. The van der Waals surface area contributed by atoms with Crippen LogP contribution in [-0.4, -0.2) is 87.5 Å². The smallest absolute Gasteiger partial charge is 0.220 e. The van der Waals surface area contributed by atoms with E-state index in [1.165, 1.54) is 186 Å². The fourth-order valence-corrected chi connectivity index (χ4v) is 8.40. The molecule has 1 rings (SSSR count). The van der Waals surface area contributed by atoms with Gasteiger partial charge in [-0.1, -0.05) is 217 Å². The van der Waals surface area contributed by atoms with Crippen molar-refractivity contribution in [2.75, 3.05) is 13.2 Å². The zero-order valence-electron chi connectivity index (χ0n) is 40.8. The molecule has 7 unspecified atom stereocenters. The van der Waals surface area contributed by atoms with Crippen molar-refractivity contribution in [1.29, 1.82) is 0 Å². The summed E-state index contributed by atoms with van der Waals surface area (Å²) < 4.78 is 11.2. The van der Waals surface area contributed by atoms with Crippen LogP contribution in [0.4, 0.5) is 0 Å². The fraction of sp³-hybridized carbons (Fsp3) is 0.870. The number of carbonyl (C=O) groups excluding carboxylic acids is 1. The van der Waals surface area contributed by atoms with E-state index in [4.69, 9.17) is 9.47 Å². The number of unbranched alkanes of at least 4 members (excludes halogenated alkanes) is 31. The number of carbonyl (C=O) groups is 1. The summed E-state index contributed by atoms with van der Waals surface area (Å²) in [4.78, 5) is 13.0. The first-order valence-electron chi connectivity index (χ1n) is 26.7. The van der Waals surface area contributed by atoms with Gasteiger partial charge in [-0.2, -0.15) is 0 Å². The molecule has 0 aromatic carbocycles. The molecule has 0 spiro atoms. The second-order valence-corrected chi connectivity index (χ2v) is 18.7. The van der Waals surface area contributed by atoms with E-state index < -0.39 is 49.5 Å². The minimum Gasteiger partial charge on any atom is -0.394 e. The number of hydrogen-bond acceptors (Lipinski definition) is 8. The highest BCUT2D eigenvalue weighted by atomic mass is 16.7. The van der Waals surface area contributed by atoms with E-state index in [9.17, 15) is 30.3 Å². The Kier molecular flexibility index (Phi) is 41.7. The Hall–Kier alpha value is -1.59. The Labute approximate surface area is 387 Å². The average Bonchev–Trinajstić information content (AvgIpc) is 3.28. The van der Waals surface area contributed by atoms with Crippen LogP contribution in [0.1, 0.15) is 245 Å². The topological polar surface area (TPSA) is 149 Å². The summed E-state index contributed by atoms with van der Waals surface area (Å²) in [5.41, 5.74) is 0. The van der Waals surface area contributed by atoms with Crippen molar-refractivity contribution in [2.24, 2.45) is 0 Å². The number of rotatable bonds is 45. The highest BCUT2D eigenvalue weighted by Crippen LogP contribution is 2.23. The van der Waals surface area contributed by atoms with Gasteiger partial charge in [0.05, 0.1) is 25.4 Å². The fourth-order valence-electron chi connectivity index (χ4n) is 8.40. The highest BCUT2D eigenvalue weighted by molar-refractivity contribution is 5.76. The summed E-state index contributed by atoms with van der Waals surface area (Å²) >= 11 is 0. The molecule has 7 atom stereocenters. The molecule has 6 N–H and O–H groups in total. The Morgan fingerprint density at radius 1 is 0.524 bits per heavy atom. The van der Waals surface area contributed by atoms with Crippen LogP contribution in [0.3, 0.4) is 0 Å². The third-order valence-corrected chi connectivity index (χ3v) is 12.7. The molecule has 0 aromatic rings. The first-order valence-corrected chi connectivity index (χ1v) is 26.7. The Bertz CT molecular complexity index is 1080.